The Labute approximate surface area is 451 Å². The van der Waals surface area contributed by atoms with Gasteiger partial charge < -0.3 is 14.2 Å². The van der Waals surface area contributed by atoms with Gasteiger partial charge in [0.25, 0.3) is 0 Å². The van der Waals surface area contributed by atoms with Crippen LogP contribution in [0.3, 0.4) is 0 Å². The molecule has 0 aromatic carbocycles. The molecular weight excluding hydrogens is 901 g/mol. The van der Waals surface area contributed by atoms with E-state index in [-0.39, 0.29) is 31.1 Å². The first-order valence-corrected chi connectivity index (χ1v) is 30.7. The lowest BCUT2D eigenvalue weighted by molar-refractivity contribution is -0.167. The van der Waals surface area contributed by atoms with Crippen LogP contribution in [-0.2, 0) is 28.6 Å². The molecule has 418 valence electrons. The van der Waals surface area contributed by atoms with E-state index in [0.29, 0.717) is 19.3 Å². The minimum atomic E-state index is -0.790. The highest BCUT2D eigenvalue weighted by molar-refractivity contribution is 5.71. The molecule has 0 aliphatic rings. The average molecular weight is 1020 g/mol. The van der Waals surface area contributed by atoms with Crippen molar-refractivity contribution >= 4 is 17.9 Å². The first-order valence-electron chi connectivity index (χ1n) is 30.7. The lowest BCUT2D eigenvalue weighted by atomic mass is 10.0. The van der Waals surface area contributed by atoms with E-state index >= 15 is 0 Å². The molecule has 1 unspecified atom stereocenters. The van der Waals surface area contributed by atoms with Crippen molar-refractivity contribution in [1.82, 2.24) is 0 Å². The Morgan fingerprint density at radius 1 is 0.288 bits per heavy atom. The van der Waals surface area contributed by atoms with Crippen molar-refractivity contribution in [3.05, 3.63) is 97.2 Å². The van der Waals surface area contributed by atoms with E-state index < -0.39 is 6.10 Å². The van der Waals surface area contributed by atoms with E-state index in [9.17, 15) is 14.4 Å². The first-order chi connectivity index (χ1) is 36.0. The van der Waals surface area contributed by atoms with Crippen LogP contribution in [-0.4, -0.2) is 37.2 Å². The van der Waals surface area contributed by atoms with Crippen molar-refractivity contribution in [2.75, 3.05) is 13.2 Å². The van der Waals surface area contributed by atoms with Gasteiger partial charge in [0.05, 0.1) is 0 Å². The van der Waals surface area contributed by atoms with Gasteiger partial charge in [-0.2, -0.15) is 0 Å². The molecule has 0 saturated carbocycles. The van der Waals surface area contributed by atoms with Crippen molar-refractivity contribution in [3.8, 4) is 0 Å². The van der Waals surface area contributed by atoms with Gasteiger partial charge in [-0.25, -0.2) is 0 Å². The zero-order chi connectivity index (χ0) is 52.9. The molecular formula is C67H114O6. The molecule has 0 N–H and O–H groups in total. The molecule has 0 bridgehead atoms. The summed E-state index contributed by atoms with van der Waals surface area (Å²) < 4.78 is 16.8. The molecule has 0 aromatic rings. The van der Waals surface area contributed by atoms with Gasteiger partial charge in [-0.15, -0.1) is 0 Å². The summed E-state index contributed by atoms with van der Waals surface area (Å²) >= 11 is 0. The Hall–Kier alpha value is -3.67. The standard InChI is InChI=1S/C67H114O6/c1-4-7-10-13-16-18-20-22-24-26-28-30-32-33-35-36-38-40-42-44-46-48-51-54-57-60-66(69)72-63-64(62-71-65(68)59-56-53-50-15-12-9-6-3)73-67(70)61-58-55-52-49-47-45-43-41-39-37-34-31-29-27-25-23-21-19-17-14-11-8-5-2/h8,11,17,19-20,22-23,25-26,28-29,31,37,39,43,45,64H,4-7,9-10,12-16,18,21,24,27,30,32-36,38,40-42,44,46-63H2,1-3H3/b11-8-,19-17-,22-20-,25-23-,28-26-,31-29-,39-37-,45-43-. The summed E-state index contributed by atoms with van der Waals surface area (Å²) in [6.07, 6.45) is 81.4. The smallest absolute Gasteiger partial charge is 0.306 e. The Morgan fingerprint density at radius 3 is 0.836 bits per heavy atom. The second kappa shape index (κ2) is 60.9. The Balaban J connectivity index is 4.21. The molecule has 0 amide bonds. The number of hydrogen-bond acceptors (Lipinski definition) is 6. The zero-order valence-corrected chi connectivity index (χ0v) is 47.9. The third-order valence-electron chi connectivity index (χ3n) is 13.1. The normalized spacial score (nSPS) is 12.8. The maximum atomic E-state index is 12.8. The SMILES string of the molecule is CC/C=C\C/C=C\C/C=C\C/C=C\C/C=C\C/C=C\CCCCCCC(=O)OC(COC(=O)CCCCCCCCC)COC(=O)CCCCCCCCCCCCCCC/C=C\C/C=C\CCCCCCC. The number of rotatable bonds is 55. The molecule has 0 radical (unpaired) electrons. The minimum Gasteiger partial charge on any atom is -0.462 e. The molecule has 0 aromatic heterocycles. The Bertz CT molecular complexity index is 1440. The maximum Gasteiger partial charge on any atom is 0.306 e. The highest BCUT2D eigenvalue weighted by Gasteiger charge is 2.19. The van der Waals surface area contributed by atoms with Crippen LogP contribution >= 0.6 is 0 Å². The molecule has 0 heterocycles. The molecule has 73 heavy (non-hydrogen) atoms. The Morgan fingerprint density at radius 2 is 0.534 bits per heavy atom. The average Bonchev–Trinajstić information content (AvgIpc) is 3.39. The predicted octanol–water partition coefficient (Wildman–Crippen LogP) is 20.9. The van der Waals surface area contributed by atoms with Gasteiger partial charge in [-0.1, -0.05) is 266 Å². The van der Waals surface area contributed by atoms with Crippen molar-refractivity contribution in [3.63, 3.8) is 0 Å². The van der Waals surface area contributed by atoms with Crippen LogP contribution in [0.2, 0.25) is 0 Å². The maximum absolute atomic E-state index is 12.8. The summed E-state index contributed by atoms with van der Waals surface area (Å²) in [5, 5.41) is 0. The van der Waals surface area contributed by atoms with Gasteiger partial charge in [0, 0.05) is 19.3 Å². The fourth-order valence-corrected chi connectivity index (χ4v) is 8.48. The number of ether oxygens (including phenoxy) is 3. The van der Waals surface area contributed by atoms with Crippen LogP contribution in [0, 0.1) is 0 Å². The summed E-state index contributed by atoms with van der Waals surface area (Å²) in [5.74, 6) is -0.914. The van der Waals surface area contributed by atoms with Crippen LogP contribution in [0.5, 0.6) is 0 Å². The minimum absolute atomic E-state index is 0.0873. The van der Waals surface area contributed by atoms with E-state index in [1.165, 1.54) is 135 Å². The molecule has 0 aliphatic carbocycles. The van der Waals surface area contributed by atoms with Gasteiger partial charge >= 0.3 is 17.9 Å². The van der Waals surface area contributed by atoms with Crippen LogP contribution < -0.4 is 0 Å². The molecule has 0 aliphatic heterocycles. The number of allylic oxidation sites excluding steroid dienone is 16. The summed E-state index contributed by atoms with van der Waals surface area (Å²) in [5.41, 5.74) is 0. The van der Waals surface area contributed by atoms with Gasteiger partial charge in [-0.05, 0) is 103 Å². The highest BCUT2D eigenvalue weighted by atomic mass is 16.6. The lowest BCUT2D eigenvalue weighted by Crippen LogP contribution is -2.30. The van der Waals surface area contributed by atoms with Crippen molar-refractivity contribution in [1.29, 1.82) is 0 Å². The molecule has 0 spiro atoms. The second-order valence-corrected chi connectivity index (χ2v) is 20.2. The number of carbonyl (C=O) groups is 3. The van der Waals surface area contributed by atoms with Crippen LogP contribution in [0.4, 0.5) is 0 Å². The molecule has 0 rings (SSSR count). The fraction of sp³-hybridized carbons (Fsp3) is 0.716. The van der Waals surface area contributed by atoms with E-state index in [1.54, 1.807) is 0 Å². The summed E-state index contributed by atoms with van der Waals surface area (Å²) in [6, 6.07) is 0. The third-order valence-corrected chi connectivity index (χ3v) is 13.1. The van der Waals surface area contributed by atoms with Gasteiger partial charge in [0.15, 0.2) is 6.10 Å². The van der Waals surface area contributed by atoms with Gasteiger partial charge in [0.2, 0.25) is 0 Å². The number of esters is 3. The zero-order valence-electron chi connectivity index (χ0n) is 47.9. The fourth-order valence-electron chi connectivity index (χ4n) is 8.48. The van der Waals surface area contributed by atoms with Crippen LogP contribution in [0.1, 0.15) is 290 Å². The van der Waals surface area contributed by atoms with E-state index in [1.807, 2.05) is 0 Å². The monoisotopic (exact) mass is 1010 g/mol. The van der Waals surface area contributed by atoms with E-state index in [0.717, 1.165) is 116 Å². The van der Waals surface area contributed by atoms with E-state index in [2.05, 4.69) is 118 Å². The van der Waals surface area contributed by atoms with Crippen molar-refractivity contribution < 1.29 is 28.6 Å². The molecule has 0 saturated heterocycles. The summed E-state index contributed by atoms with van der Waals surface area (Å²) in [4.78, 5) is 38.0. The first kappa shape index (κ1) is 69.3. The topological polar surface area (TPSA) is 78.9 Å². The molecule has 6 nitrogen and oxygen atoms in total. The van der Waals surface area contributed by atoms with E-state index in [4.69, 9.17) is 14.2 Å². The largest absolute Gasteiger partial charge is 0.462 e. The number of unbranched alkanes of at least 4 members (excludes halogenated alkanes) is 28. The predicted molar refractivity (Wildman–Crippen MR) is 316 cm³/mol. The summed E-state index contributed by atoms with van der Waals surface area (Å²) in [6.45, 7) is 6.47. The number of carbonyl (C=O) groups excluding carboxylic acids is 3. The third kappa shape index (κ3) is 59.1. The van der Waals surface area contributed by atoms with Crippen LogP contribution in [0.25, 0.3) is 0 Å². The quantitative estimate of drug-likeness (QED) is 0.0261. The molecule has 1 atom stereocenters. The molecule has 0 fully saturated rings. The second-order valence-electron chi connectivity index (χ2n) is 20.2. The molecule has 6 heteroatoms. The van der Waals surface area contributed by atoms with Crippen molar-refractivity contribution in [2.45, 2.75) is 297 Å². The van der Waals surface area contributed by atoms with Crippen LogP contribution in [0.15, 0.2) is 97.2 Å². The summed E-state index contributed by atoms with van der Waals surface area (Å²) in [7, 11) is 0. The number of hydrogen-bond donors (Lipinski definition) is 0. The van der Waals surface area contributed by atoms with Crippen molar-refractivity contribution in [2.24, 2.45) is 0 Å². The highest BCUT2D eigenvalue weighted by Crippen LogP contribution is 2.16. The lowest BCUT2D eigenvalue weighted by Gasteiger charge is -2.18. The van der Waals surface area contributed by atoms with Gasteiger partial charge in [-0.3, -0.25) is 14.4 Å². The van der Waals surface area contributed by atoms with Gasteiger partial charge in [0.1, 0.15) is 13.2 Å². The Kier molecular flexibility index (Phi) is 57.8.